The van der Waals surface area contributed by atoms with Gasteiger partial charge in [-0.25, -0.2) is 0 Å². The standard InChI is InChI=1S/C20H30N2O2S/c23-18(19-7-4-14-25-19)8-9-20(24)21-17-10-12-22(13-11-17)15-16-5-2-1-3-6-16/h4,7,14,16-17H,1-3,5-6,8-13,15H2,(H,21,24). The molecular weight excluding hydrogens is 332 g/mol. The maximum Gasteiger partial charge on any atom is 0.220 e. The summed E-state index contributed by atoms with van der Waals surface area (Å²) < 4.78 is 0. The van der Waals surface area contributed by atoms with Gasteiger partial charge >= 0.3 is 0 Å². The van der Waals surface area contributed by atoms with E-state index in [-0.39, 0.29) is 17.7 Å². The Bertz CT molecular complexity index is 544. The van der Waals surface area contributed by atoms with Gasteiger partial charge in [0.05, 0.1) is 4.88 Å². The van der Waals surface area contributed by atoms with Crippen molar-refractivity contribution in [2.45, 2.75) is 63.8 Å². The van der Waals surface area contributed by atoms with Gasteiger partial charge in [-0.3, -0.25) is 9.59 Å². The molecule has 5 heteroatoms. The lowest BCUT2D eigenvalue weighted by atomic mass is 9.88. The van der Waals surface area contributed by atoms with Crippen LogP contribution in [-0.4, -0.2) is 42.3 Å². The van der Waals surface area contributed by atoms with Crippen molar-refractivity contribution in [2.75, 3.05) is 19.6 Å². The summed E-state index contributed by atoms with van der Waals surface area (Å²) in [5.74, 6) is 0.992. The zero-order chi connectivity index (χ0) is 17.5. The Labute approximate surface area is 155 Å². The molecule has 2 fully saturated rings. The Balaban J connectivity index is 1.31. The summed E-state index contributed by atoms with van der Waals surface area (Å²) in [5.41, 5.74) is 0. The van der Waals surface area contributed by atoms with Crippen molar-refractivity contribution in [3.63, 3.8) is 0 Å². The largest absolute Gasteiger partial charge is 0.353 e. The van der Waals surface area contributed by atoms with Crippen LogP contribution in [0.1, 0.15) is 67.5 Å². The molecule has 1 aromatic rings. The van der Waals surface area contributed by atoms with Gasteiger partial charge < -0.3 is 10.2 Å². The molecule has 1 amide bonds. The normalized spacial score (nSPS) is 20.5. The van der Waals surface area contributed by atoms with Crippen LogP contribution in [0.5, 0.6) is 0 Å². The minimum atomic E-state index is 0.0237. The lowest BCUT2D eigenvalue weighted by molar-refractivity contribution is -0.122. The zero-order valence-electron chi connectivity index (χ0n) is 15.0. The van der Waals surface area contributed by atoms with Gasteiger partial charge in [-0.2, -0.15) is 0 Å². The van der Waals surface area contributed by atoms with E-state index in [1.54, 1.807) is 0 Å². The first-order valence-corrected chi connectivity index (χ1v) is 10.7. The van der Waals surface area contributed by atoms with Crippen LogP contribution in [0.15, 0.2) is 17.5 Å². The number of piperidine rings is 1. The van der Waals surface area contributed by atoms with Gasteiger partial charge in [0.1, 0.15) is 0 Å². The van der Waals surface area contributed by atoms with Crippen LogP contribution >= 0.6 is 11.3 Å². The molecule has 25 heavy (non-hydrogen) atoms. The molecule has 1 saturated heterocycles. The third-order valence-electron chi connectivity index (χ3n) is 5.57. The van der Waals surface area contributed by atoms with E-state index >= 15 is 0 Å². The first-order chi connectivity index (χ1) is 12.2. The summed E-state index contributed by atoms with van der Waals surface area (Å²) >= 11 is 1.45. The van der Waals surface area contributed by atoms with E-state index in [0.717, 1.165) is 36.7 Å². The zero-order valence-corrected chi connectivity index (χ0v) is 15.9. The Hall–Kier alpha value is -1.20. The molecule has 4 nitrogen and oxygen atoms in total. The molecule has 2 heterocycles. The fraction of sp³-hybridized carbons (Fsp3) is 0.700. The molecule has 0 radical (unpaired) electrons. The molecule has 1 aliphatic carbocycles. The highest BCUT2D eigenvalue weighted by Gasteiger charge is 2.23. The Morgan fingerprint density at radius 3 is 2.52 bits per heavy atom. The Morgan fingerprint density at radius 2 is 1.84 bits per heavy atom. The van der Waals surface area contributed by atoms with Crippen LogP contribution in [-0.2, 0) is 4.79 Å². The van der Waals surface area contributed by atoms with Gasteiger partial charge in [0.15, 0.2) is 5.78 Å². The summed E-state index contributed by atoms with van der Waals surface area (Å²) in [5, 5.41) is 5.03. The number of thiophene rings is 1. The van der Waals surface area contributed by atoms with Crippen molar-refractivity contribution >= 4 is 23.0 Å². The van der Waals surface area contributed by atoms with Crippen LogP contribution < -0.4 is 5.32 Å². The SMILES string of the molecule is O=C(CCC(=O)c1cccs1)NC1CCN(CC2CCCCC2)CC1. The van der Waals surface area contributed by atoms with E-state index < -0.39 is 0 Å². The third kappa shape index (κ3) is 5.93. The molecule has 0 unspecified atom stereocenters. The second-order valence-electron chi connectivity index (χ2n) is 7.55. The van der Waals surface area contributed by atoms with Crippen molar-refractivity contribution in [1.29, 1.82) is 0 Å². The van der Waals surface area contributed by atoms with E-state index in [0.29, 0.717) is 12.8 Å². The molecule has 0 atom stereocenters. The van der Waals surface area contributed by atoms with Crippen LogP contribution in [0.25, 0.3) is 0 Å². The van der Waals surface area contributed by atoms with Crippen LogP contribution in [0.4, 0.5) is 0 Å². The molecule has 1 N–H and O–H groups in total. The fourth-order valence-electron chi connectivity index (χ4n) is 4.08. The smallest absolute Gasteiger partial charge is 0.220 e. The molecule has 1 aliphatic heterocycles. The van der Waals surface area contributed by atoms with Crippen molar-refractivity contribution in [1.82, 2.24) is 10.2 Å². The van der Waals surface area contributed by atoms with Crippen molar-refractivity contribution < 1.29 is 9.59 Å². The number of Topliss-reactive ketones (excluding diaryl/α,β-unsaturated/α-hetero) is 1. The van der Waals surface area contributed by atoms with Gasteiger partial charge in [-0.1, -0.05) is 25.3 Å². The maximum absolute atomic E-state index is 12.1. The predicted molar refractivity (Wildman–Crippen MR) is 102 cm³/mol. The van der Waals surface area contributed by atoms with Crippen molar-refractivity contribution in [3.8, 4) is 0 Å². The Kier molecular flexibility index (Phi) is 7.05. The van der Waals surface area contributed by atoms with Gasteiger partial charge in [0.25, 0.3) is 0 Å². The highest BCUT2D eigenvalue weighted by molar-refractivity contribution is 7.12. The monoisotopic (exact) mass is 362 g/mol. The van der Waals surface area contributed by atoms with E-state index in [1.807, 2.05) is 17.5 Å². The second kappa shape index (κ2) is 9.48. The first-order valence-electron chi connectivity index (χ1n) is 9.79. The minimum Gasteiger partial charge on any atom is -0.353 e. The molecule has 0 spiro atoms. The molecule has 3 rings (SSSR count). The van der Waals surface area contributed by atoms with Gasteiger partial charge in [0, 0.05) is 38.5 Å². The first kappa shape index (κ1) is 18.6. The van der Waals surface area contributed by atoms with E-state index in [4.69, 9.17) is 0 Å². The molecule has 2 aliphatic rings. The lowest BCUT2D eigenvalue weighted by Gasteiger charge is -2.35. The minimum absolute atomic E-state index is 0.0237. The second-order valence-corrected chi connectivity index (χ2v) is 8.49. The number of nitrogens with one attached hydrogen (secondary N) is 1. The average Bonchev–Trinajstić information content (AvgIpc) is 3.17. The number of ketones is 1. The van der Waals surface area contributed by atoms with Crippen molar-refractivity contribution in [3.05, 3.63) is 22.4 Å². The third-order valence-corrected chi connectivity index (χ3v) is 6.48. The number of hydrogen-bond acceptors (Lipinski definition) is 4. The topological polar surface area (TPSA) is 49.4 Å². The highest BCUT2D eigenvalue weighted by atomic mass is 32.1. The van der Waals surface area contributed by atoms with E-state index in [9.17, 15) is 9.59 Å². The average molecular weight is 363 g/mol. The van der Waals surface area contributed by atoms with Crippen LogP contribution in [0, 0.1) is 5.92 Å². The van der Waals surface area contributed by atoms with Gasteiger partial charge in [-0.05, 0) is 43.0 Å². The summed E-state index contributed by atoms with van der Waals surface area (Å²) in [6.07, 6.45) is 9.72. The number of carbonyl (C=O) groups excluding carboxylic acids is 2. The molecule has 0 aromatic carbocycles. The van der Waals surface area contributed by atoms with Gasteiger partial charge in [0.2, 0.25) is 5.91 Å². The number of likely N-dealkylation sites (tertiary alicyclic amines) is 1. The van der Waals surface area contributed by atoms with E-state index in [1.165, 1.54) is 50.0 Å². The summed E-state index contributed by atoms with van der Waals surface area (Å²) in [7, 11) is 0. The summed E-state index contributed by atoms with van der Waals surface area (Å²) in [6, 6.07) is 3.98. The number of amides is 1. The van der Waals surface area contributed by atoms with Crippen molar-refractivity contribution in [2.24, 2.45) is 5.92 Å². The van der Waals surface area contributed by atoms with Gasteiger partial charge in [-0.15, -0.1) is 11.3 Å². The quantitative estimate of drug-likeness (QED) is 0.749. The number of hydrogen-bond donors (Lipinski definition) is 1. The molecule has 1 aromatic heterocycles. The lowest BCUT2D eigenvalue weighted by Crippen LogP contribution is -2.46. The fourth-order valence-corrected chi connectivity index (χ4v) is 4.78. The van der Waals surface area contributed by atoms with Crippen LogP contribution in [0.3, 0.4) is 0 Å². The predicted octanol–water partition coefficient (Wildman–Crippen LogP) is 3.87. The van der Waals surface area contributed by atoms with Crippen LogP contribution in [0.2, 0.25) is 0 Å². The number of nitrogens with zero attached hydrogens (tertiary/aromatic N) is 1. The number of carbonyl (C=O) groups is 2. The maximum atomic E-state index is 12.1. The van der Waals surface area contributed by atoms with E-state index in [2.05, 4.69) is 10.2 Å². The summed E-state index contributed by atoms with van der Waals surface area (Å²) in [6.45, 7) is 3.43. The molecule has 1 saturated carbocycles. The number of rotatable bonds is 7. The Morgan fingerprint density at radius 1 is 1.08 bits per heavy atom. The molecule has 0 bridgehead atoms. The summed E-state index contributed by atoms with van der Waals surface area (Å²) in [4.78, 5) is 27.4. The highest BCUT2D eigenvalue weighted by Crippen LogP contribution is 2.25. The molecule has 138 valence electrons. The molecular formula is C20H30N2O2S.